The SMILES string of the molecule is CCOCCCOc1cc2nccc(Oc3ccc(NC(=S)NC4CC4)c(Cl)c3)c2cc1C(N)=O. The van der Waals surface area contributed by atoms with E-state index in [2.05, 4.69) is 15.6 Å². The van der Waals surface area contributed by atoms with E-state index in [9.17, 15) is 4.79 Å². The first-order valence-corrected chi connectivity index (χ1v) is 12.2. The maximum absolute atomic E-state index is 12.1. The molecular formula is C25H27ClN4O4S. The highest BCUT2D eigenvalue weighted by Crippen LogP contribution is 2.35. The molecule has 184 valence electrons. The van der Waals surface area contributed by atoms with Gasteiger partial charge in [0.25, 0.3) is 5.91 Å². The average molecular weight is 515 g/mol. The van der Waals surface area contributed by atoms with Gasteiger partial charge >= 0.3 is 0 Å². The molecule has 8 nitrogen and oxygen atoms in total. The molecule has 0 radical (unpaired) electrons. The van der Waals surface area contributed by atoms with Gasteiger partial charge < -0.3 is 30.6 Å². The van der Waals surface area contributed by atoms with Gasteiger partial charge in [0, 0.05) is 49.4 Å². The molecule has 1 aromatic heterocycles. The number of nitrogens with zero attached hydrogens (tertiary/aromatic N) is 1. The van der Waals surface area contributed by atoms with Crippen molar-refractivity contribution in [2.24, 2.45) is 5.73 Å². The van der Waals surface area contributed by atoms with Gasteiger partial charge in [-0.15, -0.1) is 0 Å². The third kappa shape index (κ3) is 6.72. The Labute approximate surface area is 214 Å². The number of primary amides is 1. The summed E-state index contributed by atoms with van der Waals surface area (Å²) in [6, 6.07) is 10.8. The van der Waals surface area contributed by atoms with Crippen LogP contribution in [-0.4, -0.2) is 41.9 Å². The number of carbonyl (C=O) groups is 1. The van der Waals surface area contributed by atoms with Crippen LogP contribution in [-0.2, 0) is 4.74 Å². The summed E-state index contributed by atoms with van der Waals surface area (Å²) in [5.74, 6) is 0.797. The second kappa shape index (κ2) is 11.5. The Balaban J connectivity index is 1.52. The highest BCUT2D eigenvalue weighted by molar-refractivity contribution is 7.80. The van der Waals surface area contributed by atoms with Crippen molar-refractivity contribution in [1.82, 2.24) is 10.3 Å². The molecule has 1 heterocycles. The molecule has 3 aromatic rings. The van der Waals surface area contributed by atoms with E-state index in [0.717, 1.165) is 12.8 Å². The van der Waals surface area contributed by atoms with Gasteiger partial charge in [-0.1, -0.05) is 11.6 Å². The van der Waals surface area contributed by atoms with Crippen molar-refractivity contribution in [2.75, 3.05) is 25.1 Å². The van der Waals surface area contributed by atoms with Crippen molar-refractivity contribution >= 4 is 51.4 Å². The topological polar surface area (TPSA) is 108 Å². The Morgan fingerprint density at radius 2 is 2.03 bits per heavy atom. The average Bonchev–Trinajstić information content (AvgIpc) is 3.64. The zero-order valence-electron chi connectivity index (χ0n) is 19.3. The Kier molecular flexibility index (Phi) is 8.22. The normalized spacial score (nSPS) is 12.9. The van der Waals surface area contributed by atoms with E-state index in [4.69, 9.17) is 43.8 Å². The summed E-state index contributed by atoms with van der Waals surface area (Å²) in [5.41, 5.74) is 7.16. The number of halogens is 1. The van der Waals surface area contributed by atoms with Crippen molar-refractivity contribution in [3.63, 3.8) is 0 Å². The van der Waals surface area contributed by atoms with Crippen molar-refractivity contribution in [2.45, 2.75) is 32.2 Å². The minimum Gasteiger partial charge on any atom is -0.493 e. The summed E-state index contributed by atoms with van der Waals surface area (Å²) in [6.07, 6.45) is 4.57. The number of thiocarbonyl (C=S) groups is 1. The quantitative estimate of drug-likeness (QED) is 0.241. The number of benzene rings is 2. The molecule has 1 aliphatic rings. The van der Waals surface area contributed by atoms with Crippen molar-refractivity contribution in [3.05, 3.63) is 53.2 Å². The molecule has 0 bridgehead atoms. The molecule has 1 saturated carbocycles. The number of hydrogen-bond acceptors (Lipinski definition) is 6. The van der Waals surface area contributed by atoms with Crippen LogP contribution in [0.1, 0.15) is 36.5 Å². The molecule has 0 spiro atoms. The van der Waals surface area contributed by atoms with E-state index >= 15 is 0 Å². The van der Waals surface area contributed by atoms with Crippen LogP contribution in [0.4, 0.5) is 5.69 Å². The number of pyridine rings is 1. The molecular weight excluding hydrogens is 488 g/mol. The van der Waals surface area contributed by atoms with E-state index in [-0.39, 0.29) is 5.56 Å². The fourth-order valence-electron chi connectivity index (χ4n) is 3.40. The van der Waals surface area contributed by atoms with E-state index in [0.29, 0.717) is 76.3 Å². The highest BCUT2D eigenvalue weighted by Gasteiger charge is 2.22. The van der Waals surface area contributed by atoms with Gasteiger partial charge in [0.2, 0.25) is 0 Å². The van der Waals surface area contributed by atoms with Gasteiger partial charge in [-0.05, 0) is 56.2 Å². The molecule has 0 saturated heterocycles. The Bertz CT molecular complexity index is 1240. The van der Waals surface area contributed by atoms with Crippen LogP contribution in [0.3, 0.4) is 0 Å². The third-order valence-electron chi connectivity index (χ3n) is 5.29. The lowest BCUT2D eigenvalue weighted by atomic mass is 10.1. The van der Waals surface area contributed by atoms with Crippen molar-refractivity contribution < 1.29 is 19.0 Å². The lowest BCUT2D eigenvalue weighted by Crippen LogP contribution is -2.30. The second-order valence-electron chi connectivity index (χ2n) is 8.05. The smallest absolute Gasteiger partial charge is 0.252 e. The summed E-state index contributed by atoms with van der Waals surface area (Å²) in [6.45, 7) is 3.54. The summed E-state index contributed by atoms with van der Waals surface area (Å²) < 4.78 is 17.2. The molecule has 0 atom stereocenters. The zero-order valence-corrected chi connectivity index (χ0v) is 20.9. The third-order valence-corrected chi connectivity index (χ3v) is 5.82. The second-order valence-corrected chi connectivity index (χ2v) is 8.87. The van der Waals surface area contributed by atoms with Crippen molar-refractivity contribution in [3.8, 4) is 17.2 Å². The first-order chi connectivity index (χ1) is 16.9. The molecule has 1 aliphatic carbocycles. The largest absolute Gasteiger partial charge is 0.493 e. The molecule has 0 unspecified atom stereocenters. The van der Waals surface area contributed by atoms with Crippen molar-refractivity contribution in [1.29, 1.82) is 0 Å². The van der Waals surface area contributed by atoms with Gasteiger partial charge in [0.15, 0.2) is 5.11 Å². The molecule has 10 heteroatoms. The van der Waals surface area contributed by atoms with Gasteiger partial charge in [-0.3, -0.25) is 9.78 Å². The molecule has 2 aromatic carbocycles. The first-order valence-electron chi connectivity index (χ1n) is 11.4. The number of amides is 1. The minimum atomic E-state index is -0.601. The van der Waals surface area contributed by atoms with E-state index < -0.39 is 5.91 Å². The number of anilines is 1. The number of aromatic nitrogens is 1. The molecule has 1 fully saturated rings. The highest BCUT2D eigenvalue weighted by atomic mass is 35.5. The molecule has 35 heavy (non-hydrogen) atoms. The van der Waals surface area contributed by atoms with Crippen LogP contribution in [0.25, 0.3) is 10.9 Å². The van der Waals surface area contributed by atoms with Gasteiger partial charge in [0.1, 0.15) is 17.2 Å². The standard InChI is InChI=1S/C25H27ClN4O4S/c1-2-32-10-3-11-33-23-14-21-17(13-18(23)24(27)31)22(8-9-28-21)34-16-6-7-20(19(26)12-16)30-25(35)29-15-4-5-15/h6-9,12-15H,2-5,10-11H2,1H3,(H2,27,31)(H2,29,30,35). The van der Waals surface area contributed by atoms with Gasteiger partial charge in [-0.25, -0.2) is 0 Å². The van der Waals surface area contributed by atoms with Crippen LogP contribution in [0.5, 0.6) is 17.2 Å². The van der Waals surface area contributed by atoms with Crippen LogP contribution < -0.4 is 25.8 Å². The predicted octanol–water partition coefficient (Wildman–Crippen LogP) is 5.03. The zero-order chi connectivity index (χ0) is 24.8. The number of fused-ring (bicyclic) bond motifs is 1. The first kappa shape index (κ1) is 25.0. The lowest BCUT2D eigenvalue weighted by molar-refractivity contribution is 0.0995. The van der Waals surface area contributed by atoms with Crippen LogP contribution in [0.15, 0.2) is 42.6 Å². The number of nitrogens with two attached hydrogens (primary N) is 1. The summed E-state index contributed by atoms with van der Waals surface area (Å²) in [4.78, 5) is 16.5. The Hall–Kier alpha value is -3.14. The van der Waals surface area contributed by atoms with Crippen LogP contribution in [0.2, 0.25) is 5.02 Å². The number of carbonyl (C=O) groups excluding carboxylic acids is 1. The number of ether oxygens (including phenoxy) is 3. The van der Waals surface area contributed by atoms with E-state index in [1.807, 2.05) is 6.92 Å². The van der Waals surface area contributed by atoms with E-state index in [1.54, 1.807) is 42.6 Å². The maximum atomic E-state index is 12.1. The molecule has 1 amide bonds. The maximum Gasteiger partial charge on any atom is 0.252 e. The van der Waals surface area contributed by atoms with Crippen LogP contribution in [0, 0.1) is 0 Å². The number of nitrogens with one attached hydrogen (secondary N) is 2. The molecule has 4 rings (SSSR count). The lowest BCUT2D eigenvalue weighted by Gasteiger charge is -2.15. The fourth-order valence-corrected chi connectivity index (χ4v) is 3.89. The predicted molar refractivity (Wildman–Crippen MR) is 141 cm³/mol. The van der Waals surface area contributed by atoms with Crippen LogP contribution >= 0.6 is 23.8 Å². The number of hydrogen-bond donors (Lipinski definition) is 3. The molecule has 0 aliphatic heterocycles. The Morgan fingerprint density at radius 3 is 2.74 bits per heavy atom. The Morgan fingerprint density at radius 1 is 1.20 bits per heavy atom. The summed E-state index contributed by atoms with van der Waals surface area (Å²) in [7, 11) is 0. The monoisotopic (exact) mass is 514 g/mol. The fraction of sp³-hybridized carbons (Fsp3) is 0.320. The summed E-state index contributed by atoms with van der Waals surface area (Å²) in [5, 5.41) is 7.94. The van der Waals surface area contributed by atoms with Gasteiger partial charge in [0.05, 0.1) is 28.4 Å². The van der Waals surface area contributed by atoms with E-state index in [1.165, 1.54) is 0 Å². The molecule has 4 N–H and O–H groups in total. The minimum absolute atomic E-state index is 0.251. The van der Waals surface area contributed by atoms with Gasteiger partial charge in [-0.2, -0.15) is 0 Å². The summed E-state index contributed by atoms with van der Waals surface area (Å²) >= 11 is 11.8. The number of rotatable bonds is 11.